The number of carbonyl (C=O) groups is 1. The zero-order valence-electron chi connectivity index (χ0n) is 28.2. The van der Waals surface area contributed by atoms with Crippen LogP contribution in [0.1, 0.15) is 63.4 Å². The van der Waals surface area contributed by atoms with Gasteiger partial charge < -0.3 is 25.6 Å². The van der Waals surface area contributed by atoms with E-state index in [-0.39, 0.29) is 77.9 Å². The average Bonchev–Trinajstić information content (AvgIpc) is 3.98. The fourth-order valence-electron chi connectivity index (χ4n) is 8.82. The maximum absolute atomic E-state index is 17.1. The highest BCUT2D eigenvalue weighted by atomic mass is 35.5. The Kier molecular flexibility index (Phi) is 8.22. The van der Waals surface area contributed by atoms with Gasteiger partial charge in [0.15, 0.2) is 5.82 Å². The first-order valence-corrected chi connectivity index (χ1v) is 19.3. The van der Waals surface area contributed by atoms with Crippen LogP contribution in [0.5, 0.6) is 6.01 Å². The van der Waals surface area contributed by atoms with Crippen molar-refractivity contribution in [3.63, 3.8) is 0 Å². The maximum atomic E-state index is 17.1. The summed E-state index contributed by atoms with van der Waals surface area (Å²) in [7, 11) is 0. The van der Waals surface area contributed by atoms with Gasteiger partial charge in [0.05, 0.1) is 39.0 Å². The minimum Gasteiger partial charge on any atom is -0.461 e. The van der Waals surface area contributed by atoms with Crippen LogP contribution in [0.2, 0.25) is 5.02 Å². The molecule has 7 heterocycles. The lowest BCUT2D eigenvalue weighted by atomic mass is 9.95. The number of fused-ring (bicyclic) bond motifs is 4. The zero-order chi connectivity index (χ0) is 35.0. The molecule has 0 spiro atoms. The molecule has 51 heavy (non-hydrogen) atoms. The number of aromatic nitrogens is 2. The molecule has 0 bridgehead atoms. The molecule has 4 aromatic rings. The molecule has 3 N–H and O–H groups in total. The second-order valence-electron chi connectivity index (χ2n) is 14.7. The average molecular weight is 733 g/mol. The van der Waals surface area contributed by atoms with Crippen molar-refractivity contribution in [1.29, 1.82) is 5.26 Å². The molecule has 5 saturated heterocycles. The quantitative estimate of drug-likeness (QED) is 0.222. The number of nitrogens with one attached hydrogen (secondary N) is 1. The molecule has 1 aliphatic carbocycles. The van der Waals surface area contributed by atoms with Crippen molar-refractivity contribution in [3.05, 3.63) is 40.4 Å². The van der Waals surface area contributed by atoms with Gasteiger partial charge in [0, 0.05) is 36.0 Å². The molecule has 10 nitrogen and oxygen atoms in total. The van der Waals surface area contributed by atoms with E-state index >= 15 is 4.39 Å². The van der Waals surface area contributed by atoms with Crippen molar-refractivity contribution in [2.24, 2.45) is 0 Å². The highest BCUT2D eigenvalue weighted by Gasteiger charge is 2.49. The number of nitriles is 1. The molecule has 2 aromatic heterocycles. The van der Waals surface area contributed by atoms with Gasteiger partial charge in [-0.2, -0.15) is 15.2 Å². The van der Waals surface area contributed by atoms with Crippen LogP contribution >= 0.6 is 22.9 Å². The molecule has 2 aromatic carbocycles. The number of anilines is 2. The smallest absolute Gasteiger partial charge is 0.319 e. The molecule has 10 rings (SSSR count). The third-order valence-electron chi connectivity index (χ3n) is 11.5. The van der Waals surface area contributed by atoms with Gasteiger partial charge in [-0.05, 0) is 69.3 Å². The van der Waals surface area contributed by atoms with Crippen molar-refractivity contribution >= 4 is 60.7 Å². The molecule has 266 valence electrons. The molecular weight excluding hydrogens is 694 g/mol. The number of amides is 1. The molecule has 14 heteroatoms. The lowest BCUT2D eigenvalue weighted by Gasteiger charge is -2.31. The highest BCUT2D eigenvalue weighted by molar-refractivity contribution is 7.23. The van der Waals surface area contributed by atoms with Crippen molar-refractivity contribution in [2.45, 2.75) is 81.5 Å². The van der Waals surface area contributed by atoms with Gasteiger partial charge in [-0.25, -0.2) is 8.78 Å². The van der Waals surface area contributed by atoms with Gasteiger partial charge >= 0.3 is 6.01 Å². The number of halogens is 3. The van der Waals surface area contributed by atoms with E-state index in [4.69, 9.17) is 27.1 Å². The first-order chi connectivity index (χ1) is 24.8. The van der Waals surface area contributed by atoms with E-state index in [0.29, 0.717) is 37.4 Å². The van der Waals surface area contributed by atoms with Crippen LogP contribution in [0.3, 0.4) is 0 Å². The zero-order valence-corrected chi connectivity index (χ0v) is 29.8. The van der Waals surface area contributed by atoms with Crippen molar-refractivity contribution < 1.29 is 18.3 Å². The normalized spacial score (nSPS) is 24.4. The lowest BCUT2D eigenvalue weighted by Crippen LogP contribution is -2.43. The Morgan fingerprint density at radius 1 is 1.10 bits per heavy atom. The summed E-state index contributed by atoms with van der Waals surface area (Å²) in [5, 5.41) is 13.9. The molecule has 3 atom stereocenters. The minimum absolute atomic E-state index is 0.00241. The van der Waals surface area contributed by atoms with E-state index in [1.54, 1.807) is 6.07 Å². The van der Waals surface area contributed by atoms with E-state index in [2.05, 4.69) is 26.2 Å². The van der Waals surface area contributed by atoms with Gasteiger partial charge in [0.2, 0.25) is 5.91 Å². The number of ether oxygens (including phenoxy) is 1. The van der Waals surface area contributed by atoms with E-state index in [9.17, 15) is 14.4 Å². The predicted octanol–water partition coefficient (Wildman–Crippen LogP) is 6.23. The van der Waals surface area contributed by atoms with Crippen LogP contribution < -0.4 is 20.7 Å². The van der Waals surface area contributed by atoms with Crippen LogP contribution in [0.15, 0.2) is 18.2 Å². The highest BCUT2D eigenvalue weighted by Crippen LogP contribution is 2.47. The molecule has 5 aliphatic heterocycles. The molecule has 1 saturated carbocycles. The van der Waals surface area contributed by atoms with E-state index in [1.165, 1.54) is 31.4 Å². The SMILES string of the molecule is C1CC1.N#Cc1c(N)sc2c(F)ccc(-c3c(Cl)cc4c(N5CCC6C5CCN6C(=O)C5CN5)nc(OCC56CCCN5CCC6)nc4c3F)c12. The van der Waals surface area contributed by atoms with Crippen molar-refractivity contribution in [1.82, 2.24) is 25.1 Å². The number of carbonyl (C=O) groups excluding carboxylic acids is 1. The van der Waals surface area contributed by atoms with Crippen LogP contribution in [-0.2, 0) is 4.79 Å². The summed E-state index contributed by atoms with van der Waals surface area (Å²) < 4.78 is 38.6. The first kappa shape index (κ1) is 33.0. The third kappa shape index (κ3) is 5.57. The van der Waals surface area contributed by atoms with Gasteiger partial charge in [0.1, 0.15) is 34.8 Å². The number of nitrogens with two attached hydrogens (primary N) is 1. The minimum atomic E-state index is -0.715. The molecule has 6 fully saturated rings. The Balaban J connectivity index is 0.00000111. The number of rotatable bonds is 6. The Bertz CT molecular complexity index is 2100. The molecule has 3 unspecified atom stereocenters. The van der Waals surface area contributed by atoms with E-state index in [1.807, 2.05) is 4.90 Å². The maximum Gasteiger partial charge on any atom is 0.319 e. The largest absolute Gasteiger partial charge is 0.461 e. The topological polar surface area (TPSA) is 134 Å². The molecule has 6 aliphatic rings. The number of thiophene rings is 1. The predicted molar refractivity (Wildman–Crippen MR) is 194 cm³/mol. The fraction of sp³-hybridized carbons (Fsp3) is 0.514. The van der Waals surface area contributed by atoms with Gasteiger partial charge in [-0.15, -0.1) is 11.3 Å². The number of hydrogen-bond acceptors (Lipinski definition) is 10. The van der Waals surface area contributed by atoms with E-state index < -0.39 is 11.6 Å². The second-order valence-corrected chi connectivity index (χ2v) is 16.2. The van der Waals surface area contributed by atoms with Crippen LogP contribution in [0.4, 0.5) is 19.6 Å². The Morgan fingerprint density at radius 2 is 1.84 bits per heavy atom. The molecule has 1 amide bonds. The van der Waals surface area contributed by atoms with E-state index in [0.717, 1.165) is 63.0 Å². The number of benzene rings is 2. The summed E-state index contributed by atoms with van der Waals surface area (Å²) in [6.07, 6.45) is 10.3. The molecular formula is C37H39ClF2N8O2S. The standard InChI is InChI=1S/C34H33ClF2N8O2S.C3H6/c35-20-13-18-28(27(37)26(20)17-3-4-21(36)29-25(17)19(14-38)30(39)48-29)41-33(47-16-34-7-1-9-43(34)10-2-8-34)42-31(18)44-11-5-24-23(44)6-12-45(24)32(46)22-15-40-22;1-2-3-1/h3-4,13,22-24,40H,1-2,5-12,15-16,39H2;1-3H2. The Labute approximate surface area is 303 Å². The summed E-state index contributed by atoms with van der Waals surface area (Å²) in [5.41, 5.74) is 6.39. The summed E-state index contributed by atoms with van der Waals surface area (Å²) in [6.45, 7) is 4.46. The van der Waals surface area contributed by atoms with Gasteiger partial charge in [-0.1, -0.05) is 36.9 Å². The van der Waals surface area contributed by atoms with Crippen LogP contribution in [-0.4, -0.2) is 88.7 Å². The Hall–Kier alpha value is -3.83. The third-order valence-corrected chi connectivity index (χ3v) is 12.8. The van der Waals surface area contributed by atoms with Crippen molar-refractivity contribution in [3.8, 4) is 23.2 Å². The molecule has 0 radical (unpaired) electrons. The first-order valence-electron chi connectivity index (χ1n) is 18.1. The second kappa shape index (κ2) is 12.7. The van der Waals surface area contributed by atoms with Crippen LogP contribution in [0, 0.1) is 23.0 Å². The van der Waals surface area contributed by atoms with Gasteiger partial charge in [-0.3, -0.25) is 9.69 Å². The fourth-order valence-corrected chi connectivity index (χ4v) is 10.1. The number of hydrogen-bond donors (Lipinski definition) is 2. The summed E-state index contributed by atoms with van der Waals surface area (Å²) in [6, 6.07) is 6.38. The van der Waals surface area contributed by atoms with Crippen molar-refractivity contribution in [2.75, 3.05) is 50.0 Å². The number of nitrogens with zero attached hydrogens (tertiary/aromatic N) is 6. The lowest BCUT2D eigenvalue weighted by molar-refractivity contribution is -0.131. The summed E-state index contributed by atoms with van der Waals surface area (Å²) in [4.78, 5) is 29.3. The number of likely N-dealkylation sites (tertiary alicyclic amines) is 1. The monoisotopic (exact) mass is 732 g/mol. The van der Waals surface area contributed by atoms with Crippen LogP contribution in [0.25, 0.3) is 32.1 Å². The Morgan fingerprint density at radius 3 is 2.55 bits per heavy atom. The number of nitrogen functional groups attached to an aromatic ring is 1. The van der Waals surface area contributed by atoms with Gasteiger partial charge in [0.25, 0.3) is 0 Å². The summed E-state index contributed by atoms with van der Waals surface area (Å²) >= 11 is 7.86. The summed E-state index contributed by atoms with van der Waals surface area (Å²) in [5.74, 6) is -0.620.